The van der Waals surface area contributed by atoms with Gasteiger partial charge in [-0.3, -0.25) is 4.79 Å². The number of para-hydroxylation sites is 2. The lowest BCUT2D eigenvalue weighted by atomic mass is 10.0. The van der Waals surface area contributed by atoms with Crippen molar-refractivity contribution in [3.05, 3.63) is 59.7 Å². The molecule has 2 aromatic carbocycles. The van der Waals surface area contributed by atoms with Crippen LogP contribution in [-0.4, -0.2) is 18.7 Å². The van der Waals surface area contributed by atoms with Gasteiger partial charge in [0.25, 0.3) is 5.91 Å². The van der Waals surface area contributed by atoms with Gasteiger partial charge in [-0.25, -0.2) is 0 Å². The molecule has 0 saturated heterocycles. The molecule has 0 spiro atoms. The number of primary amides is 1. The molecule has 0 aliphatic heterocycles. The molecule has 0 saturated carbocycles. The number of hydrogen-bond donors (Lipinski definition) is 1. The molecule has 0 atom stereocenters. The standard InChI is InChI=1S/C16H16N2O3/c1-11-7-6-10-13(14(16(17)19)18-20-2)15(11)21-12-8-4-3-5-9-12/h3-10H,1-2H3,(H2,17,19)/b18-14-. The number of nitrogens with two attached hydrogens (primary N) is 1. The van der Waals surface area contributed by atoms with Crippen molar-refractivity contribution >= 4 is 11.6 Å². The van der Waals surface area contributed by atoms with Crippen molar-refractivity contribution in [2.24, 2.45) is 10.9 Å². The van der Waals surface area contributed by atoms with Gasteiger partial charge in [0.1, 0.15) is 18.6 Å². The second-order valence-electron chi connectivity index (χ2n) is 4.35. The third-order valence-electron chi connectivity index (χ3n) is 2.85. The minimum Gasteiger partial charge on any atom is -0.456 e. The van der Waals surface area contributed by atoms with E-state index in [1.165, 1.54) is 7.11 Å². The molecule has 108 valence electrons. The van der Waals surface area contributed by atoms with Gasteiger partial charge in [0.15, 0.2) is 5.71 Å². The van der Waals surface area contributed by atoms with Crippen LogP contribution >= 0.6 is 0 Å². The number of nitrogens with zero attached hydrogens (tertiary/aromatic N) is 1. The smallest absolute Gasteiger partial charge is 0.271 e. The lowest BCUT2D eigenvalue weighted by Gasteiger charge is -2.13. The van der Waals surface area contributed by atoms with E-state index in [0.717, 1.165) is 5.56 Å². The third-order valence-corrected chi connectivity index (χ3v) is 2.85. The summed E-state index contributed by atoms with van der Waals surface area (Å²) < 4.78 is 5.87. The van der Waals surface area contributed by atoms with E-state index in [1.54, 1.807) is 12.1 Å². The summed E-state index contributed by atoms with van der Waals surface area (Å²) in [4.78, 5) is 16.3. The summed E-state index contributed by atoms with van der Waals surface area (Å²) in [5, 5.41) is 3.70. The number of ether oxygens (including phenoxy) is 1. The number of hydrogen-bond acceptors (Lipinski definition) is 4. The van der Waals surface area contributed by atoms with E-state index in [4.69, 9.17) is 15.3 Å². The molecule has 0 aliphatic carbocycles. The maximum Gasteiger partial charge on any atom is 0.271 e. The molecule has 2 rings (SSSR count). The van der Waals surface area contributed by atoms with Crippen LogP contribution in [0.3, 0.4) is 0 Å². The molecular weight excluding hydrogens is 268 g/mol. The molecule has 2 aromatic rings. The molecule has 1 amide bonds. The lowest BCUT2D eigenvalue weighted by Crippen LogP contribution is -2.25. The first-order valence-corrected chi connectivity index (χ1v) is 6.37. The van der Waals surface area contributed by atoms with E-state index in [-0.39, 0.29) is 5.71 Å². The van der Waals surface area contributed by atoms with Crippen molar-refractivity contribution < 1.29 is 14.4 Å². The zero-order valence-electron chi connectivity index (χ0n) is 11.9. The number of carbonyl (C=O) groups excluding carboxylic acids is 1. The summed E-state index contributed by atoms with van der Waals surface area (Å²) >= 11 is 0. The Kier molecular flexibility index (Phi) is 4.56. The number of amides is 1. The number of aryl methyl sites for hydroxylation is 1. The second kappa shape index (κ2) is 6.56. The van der Waals surface area contributed by atoms with Crippen molar-refractivity contribution in [2.45, 2.75) is 6.92 Å². The average Bonchev–Trinajstić information content (AvgIpc) is 2.48. The molecule has 5 heteroatoms. The first kappa shape index (κ1) is 14.6. The monoisotopic (exact) mass is 284 g/mol. The van der Waals surface area contributed by atoms with Crippen LogP contribution in [-0.2, 0) is 9.63 Å². The predicted molar refractivity (Wildman–Crippen MR) is 80.4 cm³/mol. The van der Waals surface area contributed by atoms with Crippen molar-refractivity contribution in [2.75, 3.05) is 7.11 Å². The van der Waals surface area contributed by atoms with Gasteiger partial charge in [0, 0.05) is 0 Å². The molecule has 0 bridgehead atoms. The van der Waals surface area contributed by atoms with Gasteiger partial charge in [0.05, 0.1) is 5.56 Å². The van der Waals surface area contributed by atoms with E-state index in [1.807, 2.05) is 43.3 Å². The lowest BCUT2D eigenvalue weighted by molar-refractivity contribution is -0.112. The summed E-state index contributed by atoms with van der Waals surface area (Å²) in [5.74, 6) is 0.507. The highest BCUT2D eigenvalue weighted by Crippen LogP contribution is 2.29. The first-order valence-electron chi connectivity index (χ1n) is 6.37. The first-order chi connectivity index (χ1) is 10.1. The number of oxime groups is 1. The number of benzene rings is 2. The van der Waals surface area contributed by atoms with Crippen molar-refractivity contribution in [1.29, 1.82) is 0 Å². The minimum atomic E-state index is -0.680. The normalized spacial score (nSPS) is 11.0. The summed E-state index contributed by atoms with van der Waals surface area (Å²) in [6.45, 7) is 1.88. The fraction of sp³-hybridized carbons (Fsp3) is 0.125. The summed E-state index contributed by atoms with van der Waals surface area (Å²) in [5.41, 5.74) is 6.74. The maximum absolute atomic E-state index is 11.6. The van der Waals surface area contributed by atoms with Crippen LogP contribution in [0.1, 0.15) is 11.1 Å². The average molecular weight is 284 g/mol. The second-order valence-corrected chi connectivity index (χ2v) is 4.35. The van der Waals surface area contributed by atoms with Crippen molar-refractivity contribution in [3.8, 4) is 11.5 Å². The highest BCUT2D eigenvalue weighted by atomic mass is 16.6. The molecule has 0 radical (unpaired) electrons. The van der Waals surface area contributed by atoms with Crippen LogP contribution in [0.15, 0.2) is 53.7 Å². The van der Waals surface area contributed by atoms with E-state index in [0.29, 0.717) is 17.1 Å². The van der Waals surface area contributed by atoms with Gasteiger partial charge in [-0.05, 0) is 30.7 Å². The van der Waals surface area contributed by atoms with Crippen LogP contribution in [0.2, 0.25) is 0 Å². The fourth-order valence-corrected chi connectivity index (χ4v) is 1.90. The van der Waals surface area contributed by atoms with Crippen LogP contribution < -0.4 is 10.5 Å². The Morgan fingerprint density at radius 3 is 2.43 bits per heavy atom. The quantitative estimate of drug-likeness (QED) is 0.677. The largest absolute Gasteiger partial charge is 0.456 e. The van der Waals surface area contributed by atoms with E-state index >= 15 is 0 Å². The maximum atomic E-state index is 11.6. The van der Waals surface area contributed by atoms with Gasteiger partial charge in [-0.15, -0.1) is 0 Å². The fourth-order valence-electron chi connectivity index (χ4n) is 1.90. The zero-order chi connectivity index (χ0) is 15.2. The van der Waals surface area contributed by atoms with Gasteiger partial charge in [-0.1, -0.05) is 35.5 Å². The van der Waals surface area contributed by atoms with Crippen LogP contribution in [0.25, 0.3) is 0 Å². The molecule has 5 nitrogen and oxygen atoms in total. The molecule has 0 fully saturated rings. The van der Waals surface area contributed by atoms with E-state index in [9.17, 15) is 4.79 Å². The summed E-state index contributed by atoms with van der Waals surface area (Å²) in [6, 6.07) is 14.7. The highest BCUT2D eigenvalue weighted by Gasteiger charge is 2.18. The Bertz CT molecular complexity index is 666. The Hall–Kier alpha value is -2.82. The van der Waals surface area contributed by atoms with Crippen LogP contribution in [0, 0.1) is 6.92 Å². The predicted octanol–water partition coefficient (Wildman–Crippen LogP) is 2.62. The minimum absolute atomic E-state index is 0.0205. The molecule has 0 unspecified atom stereocenters. The third kappa shape index (κ3) is 3.39. The SMILES string of the molecule is CO/N=C(\C(N)=O)c1cccc(C)c1Oc1ccccc1. The molecule has 21 heavy (non-hydrogen) atoms. The van der Waals surface area contributed by atoms with Gasteiger partial charge < -0.3 is 15.3 Å². The Morgan fingerprint density at radius 2 is 1.81 bits per heavy atom. The number of rotatable bonds is 5. The molecular formula is C16H16N2O3. The van der Waals surface area contributed by atoms with E-state index < -0.39 is 5.91 Å². The highest BCUT2D eigenvalue weighted by molar-refractivity contribution is 6.45. The topological polar surface area (TPSA) is 73.9 Å². The number of carbonyl (C=O) groups is 1. The molecule has 2 N–H and O–H groups in total. The van der Waals surface area contributed by atoms with Crippen LogP contribution in [0.5, 0.6) is 11.5 Å². The van der Waals surface area contributed by atoms with Crippen molar-refractivity contribution in [3.63, 3.8) is 0 Å². The Balaban J connectivity index is 2.50. The van der Waals surface area contributed by atoms with Crippen LogP contribution in [0.4, 0.5) is 0 Å². The molecule has 0 heterocycles. The van der Waals surface area contributed by atoms with E-state index in [2.05, 4.69) is 5.16 Å². The van der Waals surface area contributed by atoms with Gasteiger partial charge in [-0.2, -0.15) is 0 Å². The summed E-state index contributed by atoms with van der Waals surface area (Å²) in [7, 11) is 1.36. The molecule has 0 aliphatic rings. The zero-order valence-corrected chi connectivity index (χ0v) is 11.9. The molecule has 0 aromatic heterocycles. The summed E-state index contributed by atoms with van der Waals surface area (Å²) in [6.07, 6.45) is 0. The Morgan fingerprint density at radius 1 is 1.10 bits per heavy atom. The van der Waals surface area contributed by atoms with Gasteiger partial charge >= 0.3 is 0 Å². The van der Waals surface area contributed by atoms with Crippen molar-refractivity contribution in [1.82, 2.24) is 0 Å². The Labute approximate surface area is 123 Å². The van der Waals surface area contributed by atoms with Gasteiger partial charge in [0.2, 0.25) is 0 Å².